The van der Waals surface area contributed by atoms with Crippen LogP contribution in [0.25, 0.3) is 10.9 Å². The van der Waals surface area contributed by atoms with Crippen LogP contribution in [0.2, 0.25) is 0 Å². The number of carbonyl (C=O) groups is 2. The van der Waals surface area contributed by atoms with Crippen molar-refractivity contribution in [2.45, 2.75) is 32.9 Å². The van der Waals surface area contributed by atoms with Gasteiger partial charge in [-0.05, 0) is 23.6 Å². The minimum atomic E-state index is -0.804. The van der Waals surface area contributed by atoms with Crippen molar-refractivity contribution in [2.24, 2.45) is 5.92 Å². The van der Waals surface area contributed by atoms with E-state index >= 15 is 0 Å². The highest BCUT2D eigenvalue weighted by Gasteiger charge is 2.29. The zero-order valence-electron chi connectivity index (χ0n) is 16.0. The number of hydrogen-bond acceptors (Lipinski definition) is 4. The Labute approximate surface area is 163 Å². The van der Waals surface area contributed by atoms with Crippen LogP contribution in [-0.2, 0) is 16.1 Å². The molecule has 0 aliphatic rings. The van der Waals surface area contributed by atoms with Gasteiger partial charge in [-0.2, -0.15) is 0 Å². The summed E-state index contributed by atoms with van der Waals surface area (Å²) in [5, 5.41) is 3.46. The van der Waals surface area contributed by atoms with E-state index in [1.54, 1.807) is 6.20 Å². The highest BCUT2D eigenvalue weighted by Crippen LogP contribution is 2.25. The SMILES string of the molecule is CC[C@H](C)[C@H](NC(=O)OCc1ccccc1)C(=O)Oc1c[nH]c2ccccc12. The van der Waals surface area contributed by atoms with Crippen molar-refractivity contribution < 1.29 is 19.1 Å². The van der Waals surface area contributed by atoms with Gasteiger partial charge in [0.25, 0.3) is 0 Å². The van der Waals surface area contributed by atoms with Crippen LogP contribution in [0.15, 0.2) is 60.8 Å². The summed E-state index contributed by atoms with van der Waals surface area (Å²) in [4.78, 5) is 28.0. The summed E-state index contributed by atoms with van der Waals surface area (Å²) in [7, 11) is 0. The monoisotopic (exact) mass is 380 g/mol. The van der Waals surface area contributed by atoms with E-state index < -0.39 is 18.1 Å². The first-order chi connectivity index (χ1) is 13.6. The van der Waals surface area contributed by atoms with Crippen molar-refractivity contribution in [3.8, 4) is 5.75 Å². The molecule has 0 spiro atoms. The molecule has 3 aromatic rings. The first-order valence-corrected chi connectivity index (χ1v) is 9.33. The average molecular weight is 380 g/mol. The summed E-state index contributed by atoms with van der Waals surface area (Å²) in [5.41, 5.74) is 1.75. The number of benzene rings is 2. The second-order valence-corrected chi connectivity index (χ2v) is 6.69. The van der Waals surface area contributed by atoms with E-state index in [1.807, 2.05) is 68.4 Å². The molecule has 2 aromatic carbocycles. The number of esters is 1. The summed E-state index contributed by atoms with van der Waals surface area (Å²) < 4.78 is 10.8. The van der Waals surface area contributed by atoms with Crippen molar-refractivity contribution in [3.63, 3.8) is 0 Å². The molecule has 0 bridgehead atoms. The number of hydrogen-bond donors (Lipinski definition) is 2. The Balaban J connectivity index is 1.65. The van der Waals surface area contributed by atoms with Crippen LogP contribution >= 0.6 is 0 Å². The lowest BCUT2D eigenvalue weighted by Gasteiger charge is -2.22. The van der Waals surface area contributed by atoms with Crippen molar-refractivity contribution in [1.29, 1.82) is 0 Å². The molecule has 28 heavy (non-hydrogen) atoms. The van der Waals surface area contributed by atoms with E-state index in [4.69, 9.17) is 9.47 Å². The highest BCUT2D eigenvalue weighted by atomic mass is 16.6. The lowest BCUT2D eigenvalue weighted by molar-refractivity contribution is -0.137. The molecule has 0 saturated carbocycles. The van der Waals surface area contributed by atoms with E-state index in [0.717, 1.165) is 16.5 Å². The van der Waals surface area contributed by atoms with Gasteiger partial charge in [0, 0.05) is 17.1 Å². The van der Waals surface area contributed by atoms with E-state index in [1.165, 1.54) is 0 Å². The molecule has 1 amide bonds. The van der Waals surface area contributed by atoms with Gasteiger partial charge < -0.3 is 19.8 Å². The fourth-order valence-electron chi connectivity index (χ4n) is 2.86. The van der Waals surface area contributed by atoms with Crippen LogP contribution in [0.4, 0.5) is 4.79 Å². The average Bonchev–Trinajstić information content (AvgIpc) is 3.13. The predicted molar refractivity (Wildman–Crippen MR) is 107 cm³/mol. The topological polar surface area (TPSA) is 80.4 Å². The van der Waals surface area contributed by atoms with Gasteiger partial charge in [0.2, 0.25) is 0 Å². The number of para-hydroxylation sites is 1. The van der Waals surface area contributed by atoms with Gasteiger partial charge in [0.15, 0.2) is 5.75 Å². The molecule has 1 heterocycles. The van der Waals surface area contributed by atoms with E-state index in [-0.39, 0.29) is 12.5 Å². The molecule has 0 aliphatic heterocycles. The zero-order chi connectivity index (χ0) is 19.9. The standard InChI is InChI=1S/C22H24N2O4/c1-3-15(2)20(24-22(26)27-14-16-9-5-4-6-10-16)21(25)28-19-13-23-18-12-8-7-11-17(18)19/h4-13,15,20,23H,3,14H2,1-2H3,(H,24,26)/t15-,20-/m0/s1. The van der Waals surface area contributed by atoms with Crippen LogP contribution in [0, 0.1) is 5.92 Å². The summed E-state index contributed by atoms with van der Waals surface area (Å²) in [5.74, 6) is -0.189. The number of carbonyl (C=O) groups excluding carboxylic acids is 2. The molecular weight excluding hydrogens is 356 g/mol. The third-order valence-electron chi connectivity index (χ3n) is 4.71. The number of alkyl carbamates (subject to hydrolysis) is 1. The first-order valence-electron chi connectivity index (χ1n) is 9.33. The third-order valence-corrected chi connectivity index (χ3v) is 4.71. The summed E-state index contributed by atoms with van der Waals surface area (Å²) >= 11 is 0. The zero-order valence-corrected chi connectivity index (χ0v) is 16.0. The first kappa shape index (κ1) is 19.5. The number of fused-ring (bicyclic) bond motifs is 1. The smallest absolute Gasteiger partial charge is 0.408 e. The molecule has 0 fully saturated rings. The largest absolute Gasteiger partial charge is 0.445 e. The van der Waals surface area contributed by atoms with Crippen molar-refractivity contribution in [3.05, 3.63) is 66.4 Å². The Morgan fingerprint density at radius 3 is 2.54 bits per heavy atom. The highest BCUT2D eigenvalue weighted by molar-refractivity contribution is 5.90. The Bertz CT molecular complexity index is 936. The van der Waals surface area contributed by atoms with E-state index in [2.05, 4.69) is 10.3 Å². The quantitative estimate of drug-likeness (QED) is 0.595. The van der Waals surface area contributed by atoms with E-state index in [9.17, 15) is 9.59 Å². The fraction of sp³-hybridized carbons (Fsp3) is 0.273. The number of nitrogens with one attached hydrogen (secondary N) is 2. The van der Waals surface area contributed by atoms with Gasteiger partial charge in [-0.1, -0.05) is 62.7 Å². The molecule has 6 nitrogen and oxygen atoms in total. The lowest BCUT2D eigenvalue weighted by atomic mass is 9.99. The Morgan fingerprint density at radius 2 is 1.79 bits per heavy atom. The molecule has 0 unspecified atom stereocenters. The number of aromatic amines is 1. The minimum absolute atomic E-state index is 0.109. The summed E-state index contributed by atoms with van der Waals surface area (Å²) in [6.45, 7) is 3.98. The van der Waals surface area contributed by atoms with Gasteiger partial charge in [0.05, 0.1) is 0 Å². The number of ether oxygens (including phenoxy) is 2. The fourth-order valence-corrected chi connectivity index (χ4v) is 2.86. The molecule has 0 radical (unpaired) electrons. The molecule has 3 rings (SSSR count). The van der Waals surface area contributed by atoms with Gasteiger partial charge in [-0.25, -0.2) is 9.59 Å². The second-order valence-electron chi connectivity index (χ2n) is 6.69. The van der Waals surface area contributed by atoms with Crippen molar-refractivity contribution in [2.75, 3.05) is 0 Å². The number of aromatic nitrogens is 1. The molecule has 2 atom stereocenters. The molecule has 146 valence electrons. The summed E-state index contributed by atoms with van der Waals surface area (Å²) in [6.07, 6.45) is 1.70. The Hall–Kier alpha value is -3.28. The molecule has 2 N–H and O–H groups in total. The van der Waals surface area contributed by atoms with Crippen molar-refractivity contribution >= 4 is 23.0 Å². The van der Waals surface area contributed by atoms with Crippen LogP contribution in [0.5, 0.6) is 5.75 Å². The van der Waals surface area contributed by atoms with Gasteiger partial charge >= 0.3 is 12.1 Å². The molecule has 6 heteroatoms. The Kier molecular flexibility index (Phi) is 6.32. The number of rotatable bonds is 7. The minimum Gasteiger partial charge on any atom is -0.445 e. The summed E-state index contributed by atoms with van der Waals surface area (Å²) in [6, 6.07) is 16.1. The molecule has 0 aliphatic carbocycles. The number of H-pyrrole nitrogens is 1. The maximum Gasteiger partial charge on any atom is 0.408 e. The van der Waals surface area contributed by atoms with Gasteiger partial charge in [-0.3, -0.25) is 0 Å². The maximum absolute atomic E-state index is 12.8. The van der Waals surface area contributed by atoms with Gasteiger partial charge in [0.1, 0.15) is 12.6 Å². The second kappa shape index (κ2) is 9.08. The number of amides is 1. The molecule has 1 aromatic heterocycles. The lowest BCUT2D eigenvalue weighted by Crippen LogP contribution is -2.47. The van der Waals surface area contributed by atoms with Crippen LogP contribution < -0.4 is 10.1 Å². The van der Waals surface area contributed by atoms with Gasteiger partial charge in [-0.15, -0.1) is 0 Å². The van der Waals surface area contributed by atoms with E-state index in [0.29, 0.717) is 12.2 Å². The molecule has 0 saturated heterocycles. The Morgan fingerprint density at radius 1 is 1.07 bits per heavy atom. The third kappa shape index (κ3) is 4.71. The predicted octanol–water partition coefficient (Wildman–Crippen LogP) is 4.41. The normalized spacial score (nSPS) is 12.9. The molecular formula is C22H24N2O4. The van der Waals surface area contributed by atoms with Crippen LogP contribution in [-0.4, -0.2) is 23.1 Å². The van der Waals surface area contributed by atoms with Crippen LogP contribution in [0.1, 0.15) is 25.8 Å². The maximum atomic E-state index is 12.8. The van der Waals surface area contributed by atoms with Crippen LogP contribution in [0.3, 0.4) is 0 Å². The van der Waals surface area contributed by atoms with Crippen molar-refractivity contribution in [1.82, 2.24) is 10.3 Å².